The Morgan fingerprint density at radius 3 is 2.77 bits per heavy atom. The number of nitrogens with one attached hydrogen (secondary N) is 2. The lowest BCUT2D eigenvalue weighted by molar-refractivity contribution is 0.127. The van der Waals surface area contributed by atoms with Crippen LogP contribution in [-0.2, 0) is 6.54 Å². The molecular weight excluding hydrogens is 394 g/mol. The molecule has 0 bridgehead atoms. The third-order valence-corrected chi connectivity index (χ3v) is 4.18. The van der Waals surface area contributed by atoms with Crippen molar-refractivity contribution in [2.24, 2.45) is 0 Å². The molecule has 156 valence electrons. The Hall–Kier alpha value is -3.65. The van der Waals surface area contributed by atoms with Gasteiger partial charge in [-0.05, 0) is 26.2 Å². The van der Waals surface area contributed by atoms with Gasteiger partial charge >= 0.3 is 0 Å². The van der Waals surface area contributed by atoms with Gasteiger partial charge in [0.1, 0.15) is 6.07 Å². The van der Waals surface area contributed by atoms with E-state index in [1.54, 1.807) is 6.07 Å². The first-order valence-corrected chi connectivity index (χ1v) is 9.08. The molecule has 3 aromatic heterocycles. The van der Waals surface area contributed by atoms with Gasteiger partial charge in [0.25, 0.3) is 12.0 Å². The minimum Gasteiger partial charge on any atom is -0.381 e. The standard InChI is InChI=1S/C19H20F2N8O/c1-28(2)6-5-23-14-7-12(9-24-15(14)8-22)26-19-25-10-16-13(27-19)3-4-18(30)29(16)11-17(20)21/h3-4,7,9-10,17,23H,5-6,11H2,1-2H3,(H,25,26,27). The average molecular weight is 414 g/mol. The zero-order valence-electron chi connectivity index (χ0n) is 16.4. The van der Waals surface area contributed by atoms with Crippen LogP contribution in [0.25, 0.3) is 11.0 Å². The molecule has 3 rings (SSSR count). The lowest BCUT2D eigenvalue weighted by atomic mass is 10.2. The summed E-state index contributed by atoms with van der Waals surface area (Å²) in [7, 11) is 3.89. The molecule has 0 amide bonds. The van der Waals surface area contributed by atoms with Crippen LogP contribution in [0.5, 0.6) is 0 Å². The van der Waals surface area contributed by atoms with Gasteiger partial charge < -0.3 is 15.5 Å². The van der Waals surface area contributed by atoms with E-state index >= 15 is 0 Å². The molecule has 9 nitrogen and oxygen atoms in total. The monoisotopic (exact) mass is 414 g/mol. The van der Waals surface area contributed by atoms with E-state index in [2.05, 4.69) is 25.6 Å². The fourth-order valence-corrected chi connectivity index (χ4v) is 2.76. The molecule has 0 atom stereocenters. The molecule has 0 saturated heterocycles. The molecule has 0 aromatic carbocycles. The first-order valence-electron chi connectivity index (χ1n) is 9.08. The zero-order valence-corrected chi connectivity index (χ0v) is 16.4. The highest BCUT2D eigenvalue weighted by molar-refractivity contribution is 5.75. The maximum atomic E-state index is 12.8. The quantitative estimate of drug-likeness (QED) is 0.576. The number of anilines is 3. The second-order valence-electron chi connectivity index (χ2n) is 6.72. The molecule has 2 N–H and O–H groups in total. The Morgan fingerprint density at radius 1 is 1.27 bits per heavy atom. The van der Waals surface area contributed by atoms with Crippen molar-refractivity contribution >= 4 is 28.4 Å². The summed E-state index contributed by atoms with van der Waals surface area (Å²) < 4.78 is 26.5. The van der Waals surface area contributed by atoms with Crippen molar-refractivity contribution in [3.8, 4) is 6.07 Å². The molecule has 0 aliphatic carbocycles. The molecule has 0 saturated carbocycles. The summed E-state index contributed by atoms with van der Waals surface area (Å²) >= 11 is 0. The Labute approximate surface area is 171 Å². The van der Waals surface area contributed by atoms with E-state index < -0.39 is 18.5 Å². The fourth-order valence-electron chi connectivity index (χ4n) is 2.76. The molecule has 3 heterocycles. The highest BCUT2D eigenvalue weighted by Gasteiger charge is 2.12. The van der Waals surface area contributed by atoms with Crippen molar-refractivity contribution in [3.63, 3.8) is 0 Å². The van der Waals surface area contributed by atoms with E-state index in [0.717, 1.165) is 11.1 Å². The summed E-state index contributed by atoms with van der Waals surface area (Å²) in [4.78, 5) is 26.4. The van der Waals surface area contributed by atoms with Gasteiger partial charge in [-0.15, -0.1) is 0 Å². The summed E-state index contributed by atoms with van der Waals surface area (Å²) in [6.45, 7) is 0.672. The van der Waals surface area contributed by atoms with Crippen LogP contribution in [-0.4, -0.2) is 58.0 Å². The number of nitriles is 1. The summed E-state index contributed by atoms with van der Waals surface area (Å²) in [6.07, 6.45) is 0.122. The molecule has 11 heteroatoms. The fraction of sp³-hybridized carbons (Fsp3) is 0.316. The summed E-state index contributed by atoms with van der Waals surface area (Å²) in [5.41, 5.74) is 1.39. The van der Waals surface area contributed by atoms with Crippen molar-refractivity contribution in [2.45, 2.75) is 13.0 Å². The Balaban J connectivity index is 1.86. The van der Waals surface area contributed by atoms with Crippen LogP contribution < -0.4 is 16.2 Å². The Bertz CT molecular complexity index is 1140. The van der Waals surface area contributed by atoms with Crippen molar-refractivity contribution in [3.05, 3.63) is 46.6 Å². The number of alkyl halides is 2. The Kier molecular flexibility index (Phi) is 6.48. The molecule has 3 aromatic rings. The highest BCUT2D eigenvalue weighted by atomic mass is 19.3. The van der Waals surface area contributed by atoms with E-state index in [9.17, 15) is 18.8 Å². The smallest absolute Gasteiger partial charge is 0.256 e. The number of fused-ring (bicyclic) bond motifs is 1. The van der Waals surface area contributed by atoms with E-state index in [4.69, 9.17) is 0 Å². The van der Waals surface area contributed by atoms with Gasteiger partial charge in [0.2, 0.25) is 5.95 Å². The van der Waals surface area contributed by atoms with Crippen LogP contribution >= 0.6 is 0 Å². The second-order valence-corrected chi connectivity index (χ2v) is 6.72. The zero-order chi connectivity index (χ0) is 21.7. The van der Waals surface area contributed by atoms with Gasteiger partial charge in [-0.1, -0.05) is 0 Å². The van der Waals surface area contributed by atoms with Gasteiger partial charge in [-0.25, -0.2) is 23.7 Å². The summed E-state index contributed by atoms with van der Waals surface area (Å²) in [6, 6.07) is 6.40. The average Bonchev–Trinajstić information content (AvgIpc) is 2.70. The lowest BCUT2D eigenvalue weighted by Gasteiger charge is -2.13. The van der Waals surface area contributed by atoms with Crippen molar-refractivity contribution < 1.29 is 8.78 Å². The van der Waals surface area contributed by atoms with Crippen molar-refractivity contribution in [1.82, 2.24) is 24.4 Å². The third-order valence-electron chi connectivity index (χ3n) is 4.18. The molecule has 0 aliphatic rings. The number of rotatable bonds is 8. The number of hydrogen-bond acceptors (Lipinski definition) is 8. The molecule has 0 radical (unpaired) electrons. The Morgan fingerprint density at radius 2 is 2.07 bits per heavy atom. The van der Waals surface area contributed by atoms with Crippen LogP contribution in [0.4, 0.5) is 26.1 Å². The maximum Gasteiger partial charge on any atom is 0.256 e. The van der Waals surface area contributed by atoms with Gasteiger partial charge in [0, 0.05) is 19.2 Å². The number of likely N-dealkylation sites (N-methyl/N-ethyl adjacent to an activating group) is 1. The van der Waals surface area contributed by atoms with E-state index in [0.29, 0.717) is 23.4 Å². The number of hydrogen-bond donors (Lipinski definition) is 2. The summed E-state index contributed by atoms with van der Waals surface area (Å²) in [5, 5.41) is 15.4. The minimum atomic E-state index is -2.67. The van der Waals surface area contributed by atoms with Gasteiger partial charge in [-0.2, -0.15) is 5.26 Å². The second kappa shape index (κ2) is 9.23. The maximum absolute atomic E-state index is 12.8. The predicted molar refractivity (Wildman–Crippen MR) is 109 cm³/mol. The van der Waals surface area contributed by atoms with Gasteiger partial charge in [0.15, 0.2) is 5.69 Å². The van der Waals surface area contributed by atoms with Crippen LogP contribution in [0.2, 0.25) is 0 Å². The topological polar surface area (TPSA) is 112 Å². The SMILES string of the molecule is CN(C)CCNc1cc(Nc2ncc3c(ccc(=O)n3CC(F)F)n2)cnc1C#N. The molecule has 0 spiro atoms. The van der Waals surface area contributed by atoms with Crippen molar-refractivity contribution in [2.75, 3.05) is 37.8 Å². The number of aromatic nitrogens is 4. The number of nitrogens with zero attached hydrogens (tertiary/aromatic N) is 6. The first-order chi connectivity index (χ1) is 14.4. The number of halogens is 2. The van der Waals surface area contributed by atoms with Crippen LogP contribution in [0, 0.1) is 11.3 Å². The first kappa shape index (κ1) is 21.1. The van der Waals surface area contributed by atoms with E-state index in [1.807, 2.05) is 25.1 Å². The van der Waals surface area contributed by atoms with Gasteiger partial charge in [0.05, 0.1) is 41.3 Å². The minimum absolute atomic E-state index is 0.204. The molecule has 0 aliphatic heterocycles. The van der Waals surface area contributed by atoms with Crippen LogP contribution in [0.1, 0.15) is 5.69 Å². The molecule has 0 unspecified atom stereocenters. The van der Waals surface area contributed by atoms with E-state index in [-0.39, 0.29) is 17.2 Å². The molecule has 30 heavy (non-hydrogen) atoms. The normalized spacial score (nSPS) is 11.1. The van der Waals surface area contributed by atoms with Crippen LogP contribution in [0.15, 0.2) is 35.4 Å². The largest absolute Gasteiger partial charge is 0.381 e. The lowest BCUT2D eigenvalue weighted by Crippen LogP contribution is -2.23. The highest BCUT2D eigenvalue weighted by Crippen LogP contribution is 2.21. The van der Waals surface area contributed by atoms with Gasteiger partial charge in [-0.3, -0.25) is 9.36 Å². The molecule has 0 fully saturated rings. The summed E-state index contributed by atoms with van der Waals surface area (Å²) in [5.74, 6) is 0.204. The number of pyridine rings is 2. The van der Waals surface area contributed by atoms with Crippen LogP contribution in [0.3, 0.4) is 0 Å². The van der Waals surface area contributed by atoms with E-state index in [1.165, 1.54) is 24.5 Å². The third kappa shape index (κ3) is 5.03. The molecular formula is C19H20F2N8O. The predicted octanol–water partition coefficient (Wildman–Crippen LogP) is 2.04. The van der Waals surface area contributed by atoms with Crippen molar-refractivity contribution in [1.29, 1.82) is 5.26 Å².